The number of aliphatic hydroxyl groups excluding tert-OH is 1. The Balaban J connectivity index is 2.04. The van der Waals surface area contributed by atoms with Crippen LogP contribution in [0, 0.1) is 11.7 Å². The predicted octanol–water partition coefficient (Wildman–Crippen LogP) is 2.94. The zero-order valence-electron chi connectivity index (χ0n) is 13.2. The summed E-state index contributed by atoms with van der Waals surface area (Å²) in [4.78, 5) is 4.47. The van der Waals surface area contributed by atoms with Gasteiger partial charge in [-0.05, 0) is 59.7 Å². The zero-order valence-corrected chi connectivity index (χ0v) is 14.1. The van der Waals surface area contributed by atoms with Gasteiger partial charge >= 0.3 is 0 Å². The summed E-state index contributed by atoms with van der Waals surface area (Å²) in [6.07, 6.45) is 3.85. The fraction of sp³-hybridized carbons (Fsp3) is 0.278. The Morgan fingerprint density at radius 3 is 2.33 bits per heavy atom. The van der Waals surface area contributed by atoms with Crippen LogP contribution in [0.4, 0.5) is 4.39 Å². The van der Waals surface area contributed by atoms with Crippen LogP contribution in [0.1, 0.15) is 24.1 Å². The summed E-state index contributed by atoms with van der Waals surface area (Å²) < 4.78 is 36.3. The third-order valence-electron chi connectivity index (χ3n) is 4.27. The lowest BCUT2D eigenvalue weighted by molar-refractivity contribution is 0.235. The largest absolute Gasteiger partial charge is 0.396 e. The molecule has 1 unspecified atom stereocenters. The molecule has 0 saturated carbocycles. The highest BCUT2D eigenvalue weighted by Gasteiger charge is 2.26. The number of rotatable bonds is 4. The number of sulfone groups is 1. The average Bonchev–Trinajstić information content (AvgIpc) is 2.99. The molecule has 0 amide bonds. The summed E-state index contributed by atoms with van der Waals surface area (Å²) in [5.41, 5.74) is 3.59. The zero-order chi connectivity index (χ0) is 17.3. The second-order valence-corrected chi connectivity index (χ2v) is 8.09. The molecule has 1 atom stereocenters. The molecule has 1 aliphatic rings. The van der Waals surface area contributed by atoms with Crippen molar-refractivity contribution in [2.75, 3.05) is 12.9 Å². The SMILES string of the molecule is CS(=O)(=O)c1ccc(C2=C(c3ccc(F)cc3)CC(CO)C2)nc1. The minimum atomic E-state index is -3.29. The van der Waals surface area contributed by atoms with E-state index in [-0.39, 0.29) is 23.2 Å². The van der Waals surface area contributed by atoms with Crippen molar-refractivity contribution in [2.24, 2.45) is 5.92 Å². The molecule has 1 heterocycles. The van der Waals surface area contributed by atoms with Gasteiger partial charge in [0.15, 0.2) is 9.84 Å². The van der Waals surface area contributed by atoms with Gasteiger partial charge in [-0.3, -0.25) is 4.98 Å². The summed E-state index contributed by atoms with van der Waals surface area (Å²) >= 11 is 0. The fourth-order valence-electron chi connectivity index (χ4n) is 3.01. The molecule has 1 aromatic carbocycles. The number of aliphatic hydroxyl groups is 1. The molecule has 2 aromatic rings. The Hall–Kier alpha value is -2.05. The molecule has 1 aromatic heterocycles. The maximum Gasteiger partial charge on any atom is 0.177 e. The molecule has 0 aliphatic heterocycles. The topological polar surface area (TPSA) is 67.3 Å². The highest BCUT2D eigenvalue weighted by molar-refractivity contribution is 7.90. The number of benzene rings is 1. The predicted molar refractivity (Wildman–Crippen MR) is 90.4 cm³/mol. The number of nitrogens with zero attached hydrogens (tertiary/aromatic N) is 1. The minimum Gasteiger partial charge on any atom is -0.396 e. The summed E-state index contributed by atoms with van der Waals surface area (Å²) in [5.74, 6) is -0.204. The first kappa shape index (κ1) is 16.8. The van der Waals surface area contributed by atoms with Crippen molar-refractivity contribution in [3.05, 3.63) is 59.7 Å². The van der Waals surface area contributed by atoms with Crippen LogP contribution < -0.4 is 0 Å². The Kier molecular flexibility index (Phi) is 4.51. The van der Waals surface area contributed by atoms with Crippen molar-refractivity contribution in [1.29, 1.82) is 0 Å². The van der Waals surface area contributed by atoms with E-state index in [1.807, 2.05) is 0 Å². The second kappa shape index (κ2) is 6.45. The van der Waals surface area contributed by atoms with E-state index in [1.54, 1.807) is 24.3 Å². The molecule has 3 rings (SSSR count). The third kappa shape index (κ3) is 3.39. The van der Waals surface area contributed by atoms with E-state index in [1.165, 1.54) is 18.3 Å². The molecule has 4 nitrogen and oxygen atoms in total. The van der Waals surface area contributed by atoms with Crippen LogP contribution in [0.5, 0.6) is 0 Å². The van der Waals surface area contributed by atoms with Crippen molar-refractivity contribution in [3.8, 4) is 0 Å². The van der Waals surface area contributed by atoms with Crippen LogP contribution in [0.15, 0.2) is 47.5 Å². The van der Waals surface area contributed by atoms with Crippen LogP contribution >= 0.6 is 0 Å². The molecule has 1 aliphatic carbocycles. The van der Waals surface area contributed by atoms with Gasteiger partial charge in [0, 0.05) is 19.1 Å². The van der Waals surface area contributed by atoms with E-state index in [9.17, 15) is 17.9 Å². The van der Waals surface area contributed by atoms with Crippen LogP contribution in [0.2, 0.25) is 0 Å². The Bertz CT molecular complexity index is 871. The van der Waals surface area contributed by atoms with Crippen LogP contribution in [-0.2, 0) is 9.84 Å². The number of halogens is 1. The van der Waals surface area contributed by atoms with Crippen molar-refractivity contribution in [3.63, 3.8) is 0 Å². The maximum absolute atomic E-state index is 13.2. The molecule has 126 valence electrons. The number of allylic oxidation sites excluding steroid dienone is 2. The summed E-state index contributed by atoms with van der Waals surface area (Å²) in [6, 6.07) is 9.48. The number of hydrogen-bond acceptors (Lipinski definition) is 4. The van der Waals surface area contributed by atoms with Crippen molar-refractivity contribution < 1.29 is 17.9 Å². The smallest absolute Gasteiger partial charge is 0.177 e. The lowest BCUT2D eigenvalue weighted by atomic mass is 9.99. The van der Waals surface area contributed by atoms with E-state index in [2.05, 4.69) is 4.98 Å². The van der Waals surface area contributed by atoms with Gasteiger partial charge in [0.25, 0.3) is 0 Å². The van der Waals surface area contributed by atoms with Crippen molar-refractivity contribution in [1.82, 2.24) is 4.98 Å². The van der Waals surface area contributed by atoms with Gasteiger partial charge in [0.05, 0.1) is 10.6 Å². The first-order valence-corrected chi connectivity index (χ1v) is 9.53. The highest BCUT2D eigenvalue weighted by Crippen LogP contribution is 2.42. The van der Waals surface area contributed by atoms with Crippen LogP contribution in [0.25, 0.3) is 11.1 Å². The Morgan fingerprint density at radius 1 is 1.12 bits per heavy atom. The molecule has 0 spiro atoms. The third-order valence-corrected chi connectivity index (χ3v) is 5.37. The minimum absolute atomic E-state index is 0.0651. The van der Waals surface area contributed by atoms with Crippen LogP contribution in [-0.4, -0.2) is 31.4 Å². The lowest BCUT2D eigenvalue weighted by Crippen LogP contribution is -2.01. The van der Waals surface area contributed by atoms with Crippen molar-refractivity contribution >= 4 is 21.0 Å². The molecule has 0 bridgehead atoms. The van der Waals surface area contributed by atoms with E-state index >= 15 is 0 Å². The number of pyridine rings is 1. The van der Waals surface area contributed by atoms with Gasteiger partial charge in [0.2, 0.25) is 0 Å². The summed E-state index contributed by atoms with van der Waals surface area (Å²) in [7, 11) is -3.29. The van der Waals surface area contributed by atoms with Gasteiger partial charge in [-0.15, -0.1) is 0 Å². The molecule has 24 heavy (non-hydrogen) atoms. The molecule has 1 N–H and O–H groups in total. The van der Waals surface area contributed by atoms with E-state index in [4.69, 9.17) is 0 Å². The Labute approximate surface area is 140 Å². The monoisotopic (exact) mass is 347 g/mol. The van der Waals surface area contributed by atoms with Gasteiger partial charge in [0.1, 0.15) is 5.82 Å². The van der Waals surface area contributed by atoms with E-state index in [0.29, 0.717) is 18.5 Å². The standard InChI is InChI=1S/C18H18FNO3S/c1-24(22,23)15-6-7-18(20-10-15)17-9-12(11-21)8-16(17)13-2-4-14(19)5-3-13/h2-7,10,12,21H,8-9,11H2,1H3. The van der Waals surface area contributed by atoms with Crippen LogP contribution in [0.3, 0.4) is 0 Å². The lowest BCUT2D eigenvalue weighted by Gasteiger charge is -2.08. The maximum atomic E-state index is 13.2. The first-order chi connectivity index (χ1) is 11.4. The highest BCUT2D eigenvalue weighted by atomic mass is 32.2. The van der Waals surface area contributed by atoms with Gasteiger partial charge in [-0.2, -0.15) is 0 Å². The van der Waals surface area contributed by atoms with E-state index < -0.39 is 9.84 Å². The first-order valence-electron chi connectivity index (χ1n) is 7.64. The summed E-state index contributed by atoms with van der Waals surface area (Å²) in [5, 5.41) is 9.50. The van der Waals surface area contributed by atoms with Gasteiger partial charge < -0.3 is 5.11 Å². The quantitative estimate of drug-likeness (QED) is 0.923. The average molecular weight is 347 g/mol. The normalized spacial score (nSPS) is 18.2. The molecule has 6 heteroatoms. The number of aromatic nitrogens is 1. The molecular formula is C18H18FNO3S. The van der Waals surface area contributed by atoms with Gasteiger partial charge in [-0.25, -0.2) is 12.8 Å². The molecule has 0 radical (unpaired) electrons. The Morgan fingerprint density at radius 2 is 1.79 bits per heavy atom. The van der Waals surface area contributed by atoms with E-state index in [0.717, 1.165) is 23.0 Å². The molecule has 0 fully saturated rings. The number of hydrogen-bond donors (Lipinski definition) is 1. The fourth-order valence-corrected chi connectivity index (χ4v) is 3.56. The second-order valence-electron chi connectivity index (χ2n) is 6.07. The van der Waals surface area contributed by atoms with Crippen molar-refractivity contribution in [2.45, 2.75) is 17.7 Å². The van der Waals surface area contributed by atoms with Gasteiger partial charge in [-0.1, -0.05) is 12.1 Å². The molecular weight excluding hydrogens is 329 g/mol. The summed E-state index contributed by atoms with van der Waals surface area (Å²) in [6.45, 7) is 0.0651. The molecule has 0 saturated heterocycles.